The maximum Gasteiger partial charge on any atom is 0.165 e. The Labute approximate surface area is 152 Å². The summed E-state index contributed by atoms with van der Waals surface area (Å²) in [6.07, 6.45) is 2.07. The molecule has 3 heterocycles. The number of fused-ring (bicyclic) bond motifs is 1. The minimum atomic E-state index is -0.250. The molecular formula is C20H23FN4O. The second-order valence-electron chi connectivity index (χ2n) is 6.89. The van der Waals surface area contributed by atoms with Crippen LogP contribution in [-0.2, 0) is 6.42 Å². The lowest BCUT2D eigenvalue weighted by atomic mass is 10.0. The molecule has 1 fully saturated rings. The van der Waals surface area contributed by atoms with Crippen molar-refractivity contribution in [3.05, 3.63) is 47.5 Å². The summed E-state index contributed by atoms with van der Waals surface area (Å²) in [4.78, 5) is 7.00. The summed E-state index contributed by atoms with van der Waals surface area (Å²) in [5.41, 5.74) is 4.57. The number of aliphatic hydroxyl groups excluding tert-OH is 1. The summed E-state index contributed by atoms with van der Waals surface area (Å²) in [5, 5.41) is 14.6. The second-order valence-corrected chi connectivity index (χ2v) is 6.89. The van der Waals surface area contributed by atoms with Gasteiger partial charge in [0.15, 0.2) is 5.65 Å². The van der Waals surface area contributed by atoms with Gasteiger partial charge in [-0.1, -0.05) is 19.1 Å². The number of hydrogen-bond donors (Lipinski definition) is 1. The van der Waals surface area contributed by atoms with Crippen molar-refractivity contribution < 1.29 is 9.50 Å². The van der Waals surface area contributed by atoms with Crippen molar-refractivity contribution in [3.8, 4) is 11.1 Å². The molecule has 26 heavy (non-hydrogen) atoms. The van der Waals surface area contributed by atoms with Crippen LogP contribution >= 0.6 is 0 Å². The summed E-state index contributed by atoms with van der Waals surface area (Å²) in [7, 11) is 0. The number of anilines is 1. The van der Waals surface area contributed by atoms with Gasteiger partial charge < -0.3 is 10.0 Å². The fourth-order valence-electron chi connectivity index (χ4n) is 3.64. The van der Waals surface area contributed by atoms with Crippen LogP contribution in [0.5, 0.6) is 0 Å². The molecule has 0 atom stereocenters. The molecule has 0 radical (unpaired) electrons. The van der Waals surface area contributed by atoms with Crippen LogP contribution in [0.4, 0.5) is 10.2 Å². The molecule has 6 heteroatoms. The van der Waals surface area contributed by atoms with Gasteiger partial charge in [-0.15, -0.1) is 0 Å². The van der Waals surface area contributed by atoms with E-state index in [1.165, 1.54) is 12.1 Å². The fourth-order valence-corrected chi connectivity index (χ4v) is 3.64. The lowest BCUT2D eigenvalue weighted by Gasteiger charge is -2.31. The van der Waals surface area contributed by atoms with Crippen LogP contribution < -0.4 is 4.90 Å². The summed E-state index contributed by atoms with van der Waals surface area (Å²) in [6.45, 7) is 5.65. The van der Waals surface area contributed by atoms with E-state index < -0.39 is 0 Å². The molecule has 0 amide bonds. The van der Waals surface area contributed by atoms with Crippen molar-refractivity contribution in [1.29, 1.82) is 0 Å². The predicted molar refractivity (Wildman–Crippen MR) is 99.9 cm³/mol. The third kappa shape index (κ3) is 2.94. The molecular weight excluding hydrogens is 331 g/mol. The SMILES string of the molecule is CCc1nn2c(N3CCC(O)CC3)cc(C)nc2c1-c1ccc(F)cc1. The number of benzene rings is 1. The summed E-state index contributed by atoms with van der Waals surface area (Å²) in [6, 6.07) is 8.56. The van der Waals surface area contributed by atoms with Crippen LogP contribution in [0.3, 0.4) is 0 Å². The van der Waals surface area contributed by atoms with E-state index >= 15 is 0 Å². The highest BCUT2D eigenvalue weighted by Gasteiger charge is 2.23. The Bertz CT molecular complexity index is 927. The summed E-state index contributed by atoms with van der Waals surface area (Å²) < 4.78 is 15.3. The zero-order valence-corrected chi connectivity index (χ0v) is 15.1. The van der Waals surface area contributed by atoms with Crippen molar-refractivity contribution in [2.45, 2.75) is 39.2 Å². The summed E-state index contributed by atoms with van der Waals surface area (Å²) in [5.74, 6) is 0.752. The molecule has 0 saturated carbocycles. The number of halogens is 1. The van der Waals surface area contributed by atoms with Crippen molar-refractivity contribution in [1.82, 2.24) is 14.6 Å². The number of aromatic nitrogens is 3. The Morgan fingerprint density at radius 3 is 2.54 bits per heavy atom. The topological polar surface area (TPSA) is 53.7 Å². The van der Waals surface area contributed by atoms with Crippen LogP contribution in [0.1, 0.15) is 31.2 Å². The predicted octanol–water partition coefficient (Wildman–Crippen LogP) is 3.37. The average Bonchev–Trinajstić information content (AvgIpc) is 3.01. The number of aliphatic hydroxyl groups is 1. The van der Waals surface area contributed by atoms with E-state index in [0.717, 1.165) is 66.3 Å². The Hall–Kier alpha value is -2.47. The Morgan fingerprint density at radius 2 is 1.88 bits per heavy atom. The molecule has 0 aliphatic carbocycles. The monoisotopic (exact) mass is 354 g/mol. The van der Waals surface area contributed by atoms with Crippen LogP contribution in [0.25, 0.3) is 16.8 Å². The third-order valence-corrected chi connectivity index (χ3v) is 5.03. The first-order valence-electron chi connectivity index (χ1n) is 9.15. The molecule has 2 aromatic heterocycles. The molecule has 0 bridgehead atoms. The normalized spacial score (nSPS) is 15.8. The standard InChI is InChI=1S/C20H23FN4O/c1-3-17-19(14-4-6-15(21)7-5-14)20-22-13(2)12-18(25(20)23-17)24-10-8-16(26)9-11-24/h4-7,12,16,26H,3,8-11H2,1-2H3. The van der Waals surface area contributed by atoms with E-state index in [4.69, 9.17) is 10.1 Å². The molecule has 1 aliphatic heterocycles. The Morgan fingerprint density at radius 1 is 1.19 bits per heavy atom. The molecule has 1 N–H and O–H groups in total. The van der Waals surface area contributed by atoms with Gasteiger partial charge in [-0.05, 0) is 43.9 Å². The van der Waals surface area contributed by atoms with E-state index in [-0.39, 0.29) is 11.9 Å². The first-order chi connectivity index (χ1) is 12.6. The van der Waals surface area contributed by atoms with Gasteiger partial charge in [0, 0.05) is 30.4 Å². The van der Waals surface area contributed by atoms with Gasteiger partial charge >= 0.3 is 0 Å². The van der Waals surface area contributed by atoms with E-state index in [9.17, 15) is 9.50 Å². The van der Waals surface area contributed by atoms with Crippen molar-refractivity contribution in [2.75, 3.05) is 18.0 Å². The van der Waals surface area contributed by atoms with E-state index in [1.807, 2.05) is 17.5 Å². The van der Waals surface area contributed by atoms with Gasteiger partial charge in [-0.25, -0.2) is 9.37 Å². The van der Waals surface area contributed by atoms with Gasteiger partial charge in [-0.2, -0.15) is 9.61 Å². The first kappa shape index (κ1) is 17.0. The van der Waals surface area contributed by atoms with Crippen molar-refractivity contribution >= 4 is 11.5 Å². The smallest absolute Gasteiger partial charge is 0.165 e. The number of rotatable bonds is 3. The molecule has 3 aromatic rings. The number of hydrogen-bond acceptors (Lipinski definition) is 4. The van der Waals surface area contributed by atoms with Crippen LogP contribution in [0.2, 0.25) is 0 Å². The fraction of sp³-hybridized carbons (Fsp3) is 0.400. The van der Waals surface area contributed by atoms with E-state index in [0.29, 0.717) is 0 Å². The zero-order chi connectivity index (χ0) is 18.3. The van der Waals surface area contributed by atoms with Gasteiger partial charge in [0.2, 0.25) is 0 Å². The average molecular weight is 354 g/mol. The molecule has 0 spiro atoms. The minimum Gasteiger partial charge on any atom is -0.393 e. The molecule has 0 unspecified atom stereocenters. The third-order valence-electron chi connectivity index (χ3n) is 5.03. The highest BCUT2D eigenvalue weighted by molar-refractivity contribution is 5.81. The molecule has 5 nitrogen and oxygen atoms in total. The highest BCUT2D eigenvalue weighted by atomic mass is 19.1. The Balaban J connectivity index is 1.89. The van der Waals surface area contributed by atoms with Gasteiger partial charge in [0.25, 0.3) is 0 Å². The lowest BCUT2D eigenvalue weighted by molar-refractivity contribution is 0.145. The zero-order valence-electron chi connectivity index (χ0n) is 15.1. The molecule has 1 aliphatic rings. The number of nitrogens with zero attached hydrogens (tertiary/aromatic N) is 4. The maximum atomic E-state index is 13.4. The Kier molecular flexibility index (Phi) is 4.36. The first-order valence-corrected chi connectivity index (χ1v) is 9.15. The largest absolute Gasteiger partial charge is 0.393 e. The molecule has 1 saturated heterocycles. The quantitative estimate of drug-likeness (QED) is 0.784. The summed E-state index contributed by atoms with van der Waals surface area (Å²) >= 11 is 0. The molecule has 4 rings (SSSR count). The van der Waals surface area contributed by atoms with Crippen molar-refractivity contribution in [3.63, 3.8) is 0 Å². The number of piperidine rings is 1. The molecule has 136 valence electrons. The van der Waals surface area contributed by atoms with Crippen LogP contribution in [0, 0.1) is 12.7 Å². The van der Waals surface area contributed by atoms with Gasteiger partial charge in [-0.3, -0.25) is 0 Å². The van der Waals surface area contributed by atoms with Crippen LogP contribution in [-0.4, -0.2) is 38.9 Å². The lowest BCUT2D eigenvalue weighted by Crippen LogP contribution is -2.37. The molecule has 1 aromatic carbocycles. The number of aryl methyl sites for hydroxylation is 2. The van der Waals surface area contributed by atoms with E-state index in [2.05, 4.69) is 11.8 Å². The van der Waals surface area contributed by atoms with Crippen molar-refractivity contribution in [2.24, 2.45) is 0 Å². The van der Waals surface area contributed by atoms with Gasteiger partial charge in [0.1, 0.15) is 11.6 Å². The highest BCUT2D eigenvalue weighted by Crippen LogP contribution is 2.31. The van der Waals surface area contributed by atoms with Crippen LogP contribution in [0.15, 0.2) is 30.3 Å². The van der Waals surface area contributed by atoms with Gasteiger partial charge in [0.05, 0.1) is 11.8 Å². The minimum absolute atomic E-state index is 0.219. The second kappa shape index (κ2) is 6.68. The maximum absolute atomic E-state index is 13.4. The van der Waals surface area contributed by atoms with E-state index in [1.54, 1.807) is 12.1 Å².